The van der Waals surface area contributed by atoms with Crippen LogP contribution in [0.1, 0.15) is 11.1 Å². The van der Waals surface area contributed by atoms with Crippen LogP contribution < -0.4 is 4.74 Å². The number of nitrogens with zero attached hydrogens (tertiary/aromatic N) is 4. The molecule has 0 saturated heterocycles. The molecule has 0 aliphatic rings. The van der Waals surface area contributed by atoms with Crippen molar-refractivity contribution in [3.63, 3.8) is 0 Å². The number of rotatable bonds is 6. The van der Waals surface area contributed by atoms with Crippen LogP contribution in [-0.2, 0) is 5.75 Å². The molecular weight excluding hydrogens is 368 g/mol. The van der Waals surface area contributed by atoms with Crippen molar-refractivity contribution in [2.45, 2.75) is 17.8 Å². The minimum Gasteiger partial charge on any atom is -0.497 e. The van der Waals surface area contributed by atoms with E-state index in [2.05, 4.69) is 50.9 Å². The number of methoxy groups -OCH3 is 1. The first kappa shape index (κ1) is 18.3. The summed E-state index contributed by atoms with van der Waals surface area (Å²) in [5.41, 5.74) is 4.48. The molecule has 0 bridgehead atoms. The van der Waals surface area contributed by atoms with Gasteiger partial charge in [0.1, 0.15) is 5.75 Å². The Bertz CT molecular complexity index is 1060. The van der Waals surface area contributed by atoms with E-state index in [0.29, 0.717) is 0 Å². The van der Waals surface area contributed by atoms with Gasteiger partial charge in [0.05, 0.1) is 7.11 Å². The van der Waals surface area contributed by atoms with E-state index in [1.807, 2.05) is 36.4 Å². The quantitative estimate of drug-likeness (QED) is 0.438. The predicted molar refractivity (Wildman–Crippen MR) is 112 cm³/mol. The molecule has 0 atom stereocenters. The van der Waals surface area contributed by atoms with Crippen molar-refractivity contribution in [3.8, 4) is 22.8 Å². The minimum atomic E-state index is 0.769. The van der Waals surface area contributed by atoms with Gasteiger partial charge in [-0.15, -0.1) is 10.2 Å². The largest absolute Gasteiger partial charge is 0.497 e. The van der Waals surface area contributed by atoms with Crippen molar-refractivity contribution >= 4 is 11.8 Å². The topological polar surface area (TPSA) is 52.8 Å². The van der Waals surface area contributed by atoms with Crippen LogP contribution in [0, 0.1) is 6.92 Å². The molecule has 0 fully saturated rings. The highest BCUT2D eigenvalue weighted by Gasteiger charge is 2.16. The van der Waals surface area contributed by atoms with E-state index < -0.39 is 0 Å². The Morgan fingerprint density at radius 2 is 1.79 bits per heavy atom. The van der Waals surface area contributed by atoms with Gasteiger partial charge in [0, 0.05) is 29.4 Å². The molecule has 0 saturated carbocycles. The Morgan fingerprint density at radius 1 is 0.964 bits per heavy atom. The van der Waals surface area contributed by atoms with Crippen molar-refractivity contribution in [2.75, 3.05) is 7.11 Å². The molecule has 5 nitrogen and oxygen atoms in total. The number of thioether (sulfide) groups is 1. The molecule has 0 unspecified atom stereocenters. The average Bonchev–Trinajstić information content (AvgIpc) is 3.18. The highest BCUT2D eigenvalue weighted by molar-refractivity contribution is 7.98. The van der Waals surface area contributed by atoms with E-state index in [1.165, 1.54) is 11.1 Å². The van der Waals surface area contributed by atoms with Gasteiger partial charge >= 0.3 is 0 Å². The van der Waals surface area contributed by atoms with Crippen molar-refractivity contribution in [1.82, 2.24) is 19.7 Å². The molecule has 140 valence electrons. The number of hydrogen-bond donors (Lipinski definition) is 0. The summed E-state index contributed by atoms with van der Waals surface area (Å²) in [6, 6.07) is 20.2. The Kier molecular flexibility index (Phi) is 5.39. The van der Waals surface area contributed by atoms with Crippen LogP contribution >= 0.6 is 11.8 Å². The van der Waals surface area contributed by atoms with Crippen LogP contribution in [0.15, 0.2) is 78.2 Å². The van der Waals surface area contributed by atoms with Crippen molar-refractivity contribution in [2.24, 2.45) is 0 Å². The fraction of sp³-hybridized carbons (Fsp3) is 0.136. The summed E-state index contributed by atoms with van der Waals surface area (Å²) in [4.78, 5) is 4.23. The van der Waals surface area contributed by atoms with Crippen molar-refractivity contribution < 1.29 is 4.74 Å². The first-order chi connectivity index (χ1) is 13.8. The van der Waals surface area contributed by atoms with Gasteiger partial charge in [0.25, 0.3) is 0 Å². The first-order valence-electron chi connectivity index (χ1n) is 8.94. The van der Waals surface area contributed by atoms with Gasteiger partial charge in [-0.3, -0.25) is 9.55 Å². The maximum absolute atomic E-state index is 5.29. The fourth-order valence-electron chi connectivity index (χ4n) is 2.92. The zero-order valence-corrected chi connectivity index (χ0v) is 16.6. The minimum absolute atomic E-state index is 0.769. The lowest BCUT2D eigenvalue weighted by atomic mass is 10.1. The van der Waals surface area contributed by atoms with Gasteiger partial charge in [-0.25, -0.2) is 0 Å². The molecule has 0 amide bonds. The number of ether oxygens (including phenoxy) is 1. The maximum atomic E-state index is 5.29. The Labute approximate surface area is 168 Å². The number of pyridine rings is 1. The molecule has 0 radical (unpaired) electrons. The zero-order valence-electron chi connectivity index (χ0n) is 15.7. The molecule has 0 aliphatic carbocycles. The second-order valence-corrected chi connectivity index (χ2v) is 7.24. The van der Waals surface area contributed by atoms with Crippen molar-refractivity contribution in [3.05, 3.63) is 84.2 Å². The fourth-order valence-corrected chi connectivity index (χ4v) is 3.95. The summed E-state index contributed by atoms with van der Waals surface area (Å²) >= 11 is 1.67. The molecule has 2 aromatic heterocycles. The van der Waals surface area contributed by atoms with E-state index in [1.54, 1.807) is 31.3 Å². The summed E-state index contributed by atoms with van der Waals surface area (Å²) < 4.78 is 7.36. The lowest BCUT2D eigenvalue weighted by Gasteiger charge is -2.11. The lowest BCUT2D eigenvalue weighted by molar-refractivity contribution is 0.414. The van der Waals surface area contributed by atoms with Crippen LogP contribution in [0.3, 0.4) is 0 Å². The third-order valence-electron chi connectivity index (χ3n) is 4.50. The Hall–Kier alpha value is -3.12. The molecule has 0 spiro atoms. The van der Waals surface area contributed by atoms with Crippen LogP contribution in [0.5, 0.6) is 5.75 Å². The van der Waals surface area contributed by atoms with Crippen LogP contribution in [0.4, 0.5) is 0 Å². The van der Waals surface area contributed by atoms with Gasteiger partial charge < -0.3 is 4.74 Å². The summed E-state index contributed by atoms with van der Waals surface area (Å²) in [7, 11) is 1.66. The summed E-state index contributed by atoms with van der Waals surface area (Å²) in [6.45, 7) is 2.13. The van der Waals surface area contributed by atoms with Crippen LogP contribution in [0.2, 0.25) is 0 Å². The van der Waals surface area contributed by atoms with E-state index in [4.69, 9.17) is 4.74 Å². The number of aryl methyl sites for hydroxylation is 1. The summed E-state index contributed by atoms with van der Waals surface area (Å²) in [6.07, 6.45) is 3.56. The third-order valence-corrected chi connectivity index (χ3v) is 5.48. The molecule has 2 heterocycles. The van der Waals surface area contributed by atoms with Crippen molar-refractivity contribution in [1.29, 1.82) is 0 Å². The standard InChI is InChI=1S/C22H20N4OS/c1-16-6-3-4-7-18(16)15-28-22-25-24-21(17-8-5-13-23-14-17)26(22)19-9-11-20(27-2)12-10-19/h3-14H,15H2,1-2H3. The van der Waals surface area contributed by atoms with E-state index >= 15 is 0 Å². The van der Waals surface area contributed by atoms with Gasteiger partial charge in [0.2, 0.25) is 0 Å². The van der Waals surface area contributed by atoms with Gasteiger partial charge in [-0.05, 0) is 54.4 Å². The molecule has 28 heavy (non-hydrogen) atoms. The second-order valence-electron chi connectivity index (χ2n) is 6.30. The first-order valence-corrected chi connectivity index (χ1v) is 9.92. The normalized spacial score (nSPS) is 10.8. The number of benzene rings is 2. The van der Waals surface area contributed by atoms with Gasteiger partial charge in [-0.1, -0.05) is 36.0 Å². The molecule has 6 heteroatoms. The monoisotopic (exact) mass is 388 g/mol. The van der Waals surface area contributed by atoms with E-state index in [9.17, 15) is 0 Å². The van der Waals surface area contributed by atoms with E-state index in [0.717, 1.165) is 33.7 Å². The highest BCUT2D eigenvalue weighted by atomic mass is 32.2. The predicted octanol–water partition coefficient (Wildman–Crippen LogP) is 4.94. The Balaban J connectivity index is 1.73. The average molecular weight is 388 g/mol. The summed E-state index contributed by atoms with van der Waals surface area (Å²) in [5.74, 6) is 2.41. The molecule has 2 aromatic carbocycles. The smallest absolute Gasteiger partial charge is 0.196 e. The molecule has 4 rings (SSSR count). The summed E-state index contributed by atoms with van der Waals surface area (Å²) in [5, 5.41) is 9.77. The van der Waals surface area contributed by atoms with Gasteiger partial charge in [0.15, 0.2) is 11.0 Å². The Morgan fingerprint density at radius 3 is 2.50 bits per heavy atom. The van der Waals surface area contributed by atoms with Crippen LogP contribution in [0.25, 0.3) is 17.1 Å². The second kappa shape index (κ2) is 8.27. The zero-order chi connectivity index (χ0) is 19.3. The number of hydrogen-bond acceptors (Lipinski definition) is 5. The SMILES string of the molecule is COc1ccc(-n2c(SCc3ccccc3C)nnc2-c2cccnc2)cc1. The van der Waals surface area contributed by atoms with Gasteiger partial charge in [-0.2, -0.15) is 0 Å². The molecule has 0 aliphatic heterocycles. The third kappa shape index (κ3) is 3.77. The molecule has 0 N–H and O–H groups in total. The lowest BCUT2D eigenvalue weighted by Crippen LogP contribution is -2.00. The van der Waals surface area contributed by atoms with E-state index in [-0.39, 0.29) is 0 Å². The highest BCUT2D eigenvalue weighted by Crippen LogP contribution is 2.30. The number of aromatic nitrogens is 4. The van der Waals surface area contributed by atoms with Crippen LogP contribution in [-0.4, -0.2) is 26.9 Å². The maximum Gasteiger partial charge on any atom is 0.196 e. The molecule has 4 aromatic rings. The molecular formula is C22H20N4OS.